The Bertz CT molecular complexity index is 670. The number of nitrogens with zero attached hydrogens (tertiary/aromatic N) is 3. The van der Waals surface area contributed by atoms with E-state index in [9.17, 15) is 0 Å². The van der Waals surface area contributed by atoms with E-state index in [1.165, 1.54) is 0 Å². The van der Waals surface area contributed by atoms with E-state index >= 15 is 0 Å². The van der Waals surface area contributed by atoms with E-state index in [2.05, 4.69) is 25.6 Å². The zero-order valence-corrected chi connectivity index (χ0v) is 12.5. The normalized spacial score (nSPS) is 13.7. The molecular weight excluding hydrogens is 290 g/mol. The smallest absolute Gasteiger partial charge is 0.235 e. The van der Waals surface area contributed by atoms with Crippen LogP contribution in [0.5, 0.6) is 0 Å². The molecule has 0 radical (unpaired) electrons. The average molecular weight is 305 g/mol. The fraction of sp³-hybridized carbons (Fsp3) is 0.308. The average Bonchev–Trinajstić information content (AvgIpc) is 3.09. The van der Waals surface area contributed by atoms with Gasteiger partial charge in [-0.1, -0.05) is 11.3 Å². The summed E-state index contributed by atoms with van der Waals surface area (Å²) in [5.41, 5.74) is 1.77. The van der Waals surface area contributed by atoms with Crippen molar-refractivity contribution in [1.82, 2.24) is 15.0 Å². The first-order chi connectivity index (χ1) is 10.3. The number of aromatic nitrogens is 3. The van der Waals surface area contributed by atoms with Crippen LogP contribution in [0.4, 0.5) is 11.1 Å². The summed E-state index contributed by atoms with van der Waals surface area (Å²) in [7, 11) is 0. The molecule has 0 bridgehead atoms. The van der Waals surface area contributed by atoms with Crippen molar-refractivity contribution in [2.45, 2.75) is 13.8 Å². The highest BCUT2D eigenvalue weighted by atomic mass is 32.1. The molecular formula is C13H15N5O2S. The highest BCUT2D eigenvalue weighted by Gasteiger charge is 2.13. The SMILES string of the molecule is CCNc1nc(C)c(-c2ccnc(NC3=CCOO3)n2)s1. The summed E-state index contributed by atoms with van der Waals surface area (Å²) in [5, 5.41) is 7.07. The van der Waals surface area contributed by atoms with Crippen LogP contribution in [0.2, 0.25) is 0 Å². The number of hydrogen-bond acceptors (Lipinski definition) is 8. The monoisotopic (exact) mass is 305 g/mol. The molecule has 1 aliphatic heterocycles. The molecule has 0 amide bonds. The lowest BCUT2D eigenvalue weighted by Gasteiger charge is -2.05. The Morgan fingerprint density at radius 2 is 2.29 bits per heavy atom. The van der Waals surface area contributed by atoms with Crippen LogP contribution in [0.25, 0.3) is 10.6 Å². The standard InChI is InChI=1S/C13H15N5O2S/c1-3-14-13-16-8(2)11(21-13)9-4-6-15-12(17-9)18-10-5-7-19-20-10/h4-6H,3,7H2,1-2H3,(H,14,16)(H,15,17,18). The van der Waals surface area contributed by atoms with E-state index in [-0.39, 0.29) is 0 Å². The Morgan fingerprint density at radius 1 is 1.38 bits per heavy atom. The number of nitrogens with one attached hydrogen (secondary N) is 2. The van der Waals surface area contributed by atoms with Gasteiger partial charge in [-0.3, -0.25) is 5.32 Å². The Balaban J connectivity index is 1.85. The van der Waals surface area contributed by atoms with Crippen molar-refractivity contribution >= 4 is 22.4 Å². The number of rotatable bonds is 5. The molecule has 0 unspecified atom stereocenters. The van der Waals surface area contributed by atoms with Gasteiger partial charge in [0.1, 0.15) is 6.61 Å². The maximum Gasteiger partial charge on any atom is 0.235 e. The minimum atomic E-state index is 0.419. The molecule has 3 rings (SSSR count). The van der Waals surface area contributed by atoms with Gasteiger partial charge in [0.2, 0.25) is 11.8 Å². The van der Waals surface area contributed by atoms with Gasteiger partial charge in [-0.15, -0.1) is 0 Å². The second-order valence-corrected chi connectivity index (χ2v) is 5.29. The van der Waals surface area contributed by atoms with E-state index in [1.807, 2.05) is 19.9 Å². The topological polar surface area (TPSA) is 81.2 Å². The predicted octanol–water partition coefficient (Wildman–Crippen LogP) is 2.56. The van der Waals surface area contributed by atoms with Crippen molar-refractivity contribution in [1.29, 1.82) is 0 Å². The van der Waals surface area contributed by atoms with E-state index in [0.29, 0.717) is 18.4 Å². The van der Waals surface area contributed by atoms with Crippen molar-refractivity contribution in [3.63, 3.8) is 0 Å². The summed E-state index contributed by atoms with van der Waals surface area (Å²) in [6, 6.07) is 1.86. The molecule has 0 saturated carbocycles. The van der Waals surface area contributed by atoms with Crippen LogP contribution in [-0.2, 0) is 9.78 Å². The molecule has 2 aromatic heterocycles. The maximum absolute atomic E-state index is 4.91. The fourth-order valence-corrected chi connectivity index (χ4v) is 2.83. The highest BCUT2D eigenvalue weighted by molar-refractivity contribution is 7.19. The van der Waals surface area contributed by atoms with Crippen LogP contribution in [0, 0.1) is 6.92 Å². The largest absolute Gasteiger partial charge is 0.362 e. The molecule has 110 valence electrons. The van der Waals surface area contributed by atoms with Gasteiger partial charge in [-0.25, -0.2) is 15.0 Å². The zero-order valence-electron chi connectivity index (χ0n) is 11.7. The lowest BCUT2D eigenvalue weighted by molar-refractivity contribution is -0.232. The maximum atomic E-state index is 4.91. The second-order valence-electron chi connectivity index (χ2n) is 4.29. The van der Waals surface area contributed by atoms with Crippen LogP contribution in [0.3, 0.4) is 0 Å². The molecule has 2 N–H and O–H groups in total. The first kappa shape index (κ1) is 13.8. The first-order valence-electron chi connectivity index (χ1n) is 6.57. The summed E-state index contributed by atoms with van der Waals surface area (Å²) >= 11 is 1.58. The van der Waals surface area contributed by atoms with Crippen molar-refractivity contribution < 1.29 is 9.78 Å². The molecule has 2 aromatic rings. The molecule has 1 aliphatic rings. The lowest BCUT2D eigenvalue weighted by Crippen LogP contribution is -2.03. The molecule has 0 aliphatic carbocycles. The van der Waals surface area contributed by atoms with Crippen molar-refractivity contribution in [3.8, 4) is 10.6 Å². The molecule has 3 heterocycles. The summed E-state index contributed by atoms with van der Waals surface area (Å²) in [5.74, 6) is 0.962. The summed E-state index contributed by atoms with van der Waals surface area (Å²) in [6.45, 7) is 5.27. The van der Waals surface area contributed by atoms with Gasteiger partial charge < -0.3 is 10.2 Å². The summed E-state index contributed by atoms with van der Waals surface area (Å²) < 4.78 is 0. The molecule has 0 spiro atoms. The summed E-state index contributed by atoms with van der Waals surface area (Å²) in [6.07, 6.45) is 3.48. The van der Waals surface area contributed by atoms with Gasteiger partial charge in [0.05, 0.1) is 16.3 Å². The van der Waals surface area contributed by atoms with Gasteiger partial charge in [-0.05, 0) is 19.9 Å². The number of aryl methyl sites for hydroxylation is 1. The third-order valence-corrected chi connectivity index (χ3v) is 3.87. The minimum absolute atomic E-state index is 0.419. The van der Waals surface area contributed by atoms with E-state index < -0.39 is 0 Å². The predicted molar refractivity (Wildman–Crippen MR) is 80.8 cm³/mol. The highest BCUT2D eigenvalue weighted by Crippen LogP contribution is 2.31. The Hall–Kier alpha value is -2.19. The minimum Gasteiger partial charge on any atom is -0.362 e. The van der Waals surface area contributed by atoms with Gasteiger partial charge in [0, 0.05) is 18.8 Å². The number of thiazole rings is 1. The molecule has 7 nitrogen and oxygen atoms in total. The molecule has 21 heavy (non-hydrogen) atoms. The lowest BCUT2D eigenvalue weighted by atomic mass is 10.3. The van der Waals surface area contributed by atoms with Gasteiger partial charge in [0.15, 0.2) is 5.13 Å². The van der Waals surface area contributed by atoms with Crippen LogP contribution in [0.1, 0.15) is 12.6 Å². The van der Waals surface area contributed by atoms with Crippen LogP contribution in [-0.4, -0.2) is 28.1 Å². The van der Waals surface area contributed by atoms with Gasteiger partial charge in [0.25, 0.3) is 0 Å². The number of hydrogen-bond donors (Lipinski definition) is 2. The zero-order chi connectivity index (χ0) is 14.7. The van der Waals surface area contributed by atoms with Crippen molar-refractivity contribution in [3.05, 3.63) is 29.9 Å². The van der Waals surface area contributed by atoms with E-state index in [0.717, 1.165) is 27.9 Å². The molecule has 0 fully saturated rings. The van der Waals surface area contributed by atoms with E-state index in [4.69, 9.17) is 9.78 Å². The Labute approximate surface area is 126 Å². The van der Waals surface area contributed by atoms with Gasteiger partial charge in [-0.2, -0.15) is 4.89 Å². The number of anilines is 2. The van der Waals surface area contributed by atoms with Crippen molar-refractivity contribution in [2.24, 2.45) is 0 Å². The Kier molecular flexibility index (Phi) is 3.98. The third kappa shape index (κ3) is 3.11. The third-order valence-electron chi connectivity index (χ3n) is 2.73. The quantitative estimate of drug-likeness (QED) is 0.821. The molecule has 0 saturated heterocycles. The molecule has 0 atom stereocenters. The van der Waals surface area contributed by atoms with Gasteiger partial charge >= 0.3 is 0 Å². The first-order valence-corrected chi connectivity index (χ1v) is 7.39. The molecule has 0 aromatic carbocycles. The second kappa shape index (κ2) is 6.06. The van der Waals surface area contributed by atoms with Crippen LogP contribution < -0.4 is 10.6 Å². The van der Waals surface area contributed by atoms with Crippen molar-refractivity contribution in [2.75, 3.05) is 23.8 Å². The summed E-state index contributed by atoms with van der Waals surface area (Å²) in [4.78, 5) is 23.8. The van der Waals surface area contributed by atoms with Crippen LogP contribution >= 0.6 is 11.3 Å². The molecule has 8 heteroatoms. The van der Waals surface area contributed by atoms with E-state index in [1.54, 1.807) is 23.6 Å². The Morgan fingerprint density at radius 3 is 3.05 bits per heavy atom. The fourth-order valence-electron chi connectivity index (χ4n) is 1.83. The van der Waals surface area contributed by atoms with Crippen LogP contribution in [0.15, 0.2) is 24.2 Å².